The largest absolute Gasteiger partial charge is 0.342 e. The topological polar surface area (TPSA) is 85.3 Å². The van der Waals surface area contributed by atoms with Crippen LogP contribution in [0.1, 0.15) is 34.3 Å². The highest BCUT2D eigenvalue weighted by Gasteiger charge is 2.36. The van der Waals surface area contributed by atoms with Crippen molar-refractivity contribution in [2.24, 2.45) is 4.99 Å². The number of aliphatic imine (C=N–C) groups is 1. The first-order valence-corrected chi connectivity index (χ1v) is 12.5. The number of amides is 3. The molecular formula is C30H33N5O3. The Kier molecular flexibility index (Phi) is 8.02. The number of fused-ring (bicyclic) bond motifs is 1. The molecule has 0 fully saturated rings. The molecule has 0 spiro atoms. The molecule has 1 aliphatic rings. The lowest BCUT2D eigenvalue weighted by molar-refractivity contribution is -0.119. The number of rotatable bonds is 8. The van der Waals surface area contributed by atoms with E-state index in [0.29, 0.717) is 35.7 Å². The van der Waals surface area contributed by atoms with Crippen LogP contribution in [0.2, 0.25) is 0 Å². The number of hydrogen-bond acceptors (Lipinski definition) is 5. The maximum atomic E-state index is 13.3. The predicted octanol–water partition coefficient (Wildman–Crippen LogP) is 4.16. The predicted molar refractivity (Wildman–Crippen MR) is 151 cm³/mol. The molecule has 1 atom stereocenters. The highest BCUT2D eigenvalue weighted by Crippen LogP contribution is 2.37. The lowest BCUT2D eigenvalue weighted by Gasteiger charge is -2.20. The fraction of sp³-hybridized carbons (Fsp3) is 0.267. The smallest absolute Gasteiger partial charge is 0.253 e. The Morgan fingerprint density at radius 3 is 2.21 bits per heavy atom. The molecule has 8 heteroatoms. The number of likely N-dealkylation sites (N-methyl/N-ethyl adjacent to an activating group) is 2. The number of carbonyl (C=O) groups is 3. The quantitative estimate of drug-likeness (QED) is 0.460. The second-order valence-corrected chi connectivity index (χ2v) is 9.61. The number of hydrogen-bond donors (Lipinski definition) is 1. The van der Waals surface area contributed by atoms with Crippen molar-refractivity contribution in [3.05, 3.63) is 89.5 Å². The van der Waals surface area contributed by atoms with Crippen LogP contribution in [0.25, 0.3) is 0 Å². The molecule has 1 aliphatic heterocycles. The van der Waals surface area contributed by atoms with Gasteiger partial charge in [-0.15, -0.1) is 0 Å². The molecule has 196 valence electrons. The number of nitrogens with zero attached hydrogens (tertiary/aromatic N) is 4. The zero-order valence-electron chi connectivity index (χ0n) is 22.4. The van der Waals surface area contributed by atoms with Gasteiger partial charge in [0.15, 0.2) is 0 Å². The van der Waals surface area contributed by atoms with Crippen LogP contribution in [0, 0.1) is 0 Å². The summed E-state index contributed by atoms with van der Waals surface area (Å²) in [6.45, 7) is 2.82. The third-order valence-electron chi connectivity index (χ3n) is 6.61. The van der Waals surface area contributed by atoms with E-state index in [0.717, 1.165) is 16.8 Å². The van der Waals surface area contributed by atoms with Crippen LogP contribution >= 0.6 is 0 Å². The standard InChI is InChI=1S/C30H33N5O3/c1-6-34(4)30(38)21-12-17-24-25(18-21)32-29(37)27(24)28(20-10-8-7-9-11-20)31-22-13-15-23(16-14-22)35(5)26(36)19-33(2)3/h7-18,27H,6,19H2,1-5H3,(H,32,37). The van der Waals surface area contributed by atoms with Gasteiger partial charge in [0, 0.05) is 37.6 Å². The minimum atomic E-state index is -0.635. The molecular weight excluding hydrogens is 478 g/mol. The Hall–Kier alpha value is -4.30. The van der Waals surface area contributed by atoms with E-state index in [1.807, 2.05) is 86.6 Å². The summed E-state index contributed by atoms with van der Waals surface area (Å²) in [6, 6.07) is 22.3. The van der Waals surface area contributed by atoms with Crippen LogP contribution in [0.15, 0.2) is 77.8 Å². The van der Waals surface area contributed by atoms with Gasteiger partial charge in [-0.3, -0.25) is 19.4 Å². The van der Waals surface area contributed by atoms with Crippen molar-refractivity contribution in [1.82, 2.24) is 9.80 Å². The molecule has 0 aromatic heterocycles. The summed E-state index contributed by atoms with van der Waals surface area (Å²) in [4.78, 5) is 48.4. The summed E-state index contributed by atoms with van der Waals surface area (Å²) in [6.07, 6.45) is 0. The van der Waals surface area contributed by atoms with Crippen molar-refractivity contribution in [3.8, 4) is 0 Å². The van der Waals surface area contributed by atoms with Gasteiger partial charge in [-0.05, 0) is 68.5 Å². The summed E-state index contributed by atoms with van der Waals surface area (Å²) in [5.41, 5.74) is 4.78. The van der Waals surface area contributed by atoms with E-state index in [4.69, 9.17) is 4.99 Å². The molecule has 3 aromatic rings. The van der Waals surface area contributed by atoms with E-state index in [-0.39, 0.29) is 17.7 Å². The normalized spacial score (nSPS) is 14.7. The van der Waals surface area contributed by atoms with Crippen LogP contribution in [-0.4, -0.2) is 74.5 Å². The van der Waals surface area contributed by atoms with Crippen LogP contribution in [0.3, 0.4) is 0 Å². The molecule has 8 nitrogen and oxygen atoms in total. The SMILES string of the molecule is CCN(C)C(=O)c1ccc2c(c1)NC(=O)C2C(=Nc1ccc(N(C)C(=O)CN(C)C)cc1)c1ccccc1. The first-order valence-electron chi connectivity index (χ1n) is 12.5. The van der Waals surface area contributed by atoms with E-state index in [9.17, 15) is 14.4 Å². The minimum Gasteiger partial charge on any atom is -0.342 e. The first kappa shape index (κ1) is 26.8. The van der Waals surface area contributed by atoms with E-state index in [2.05, 4.69) is 5.32 Å². The molecule has 1 unspecified atom stereocenters. The second kappa shape index (κ2) is 11.4. The maximum absolute atomic E-state index is 13.3. The summed E-state index contributed by atoms with van der Waals surface area (Å²) >= 11 is 0. The molecule has 1 heterocycles. The Morgan fingerprint density at radius 2 is 1.58 bits per heavy atom. The highest BCUT2D eigenvalue weighted by molar-refractivity contribution is 6.24. The highest BCUT2D eigenvalue weighted by atomic mass is 16.2. The van der Waals surface area contributed by atoms with Gasteiger partial charge in [-0.1, -0.05) is 36.4 Å². The van der Waals surface area contributed by atoms with Crippen molar-refractivity contribution in [3.63, 3.8) is 0 Å². The van der Waals surface area contributed by atoms with Crippen LogP contribution in [0.5, 0.6) is 0 Å². The van der Waals surface area contributed by atoms with Crippen LogP contribution < -0.4 is 10.2 Å². The van der Waals surface area contributed by atoms with Gasteiger partial charge in [-0.25, -0.2) is 0 Å². The van der Waals surface area contributed by atoms with Crippen LogP contribution in [0.4, 0.5) is 17.1 Å². The van der Waals surface area contributed by atoms with Crippen molar-refractivity contribution < 1.29 is 14.4 Å². The number of benzene rings is 3. The fourth-order valence-corrected chi connectivity index (χ4v) is 4.35. The minimum absolute atomic E-state index is 0.0153. The van der Waals surface area contributed by atoms with Crippen LogP contribution in [-0.2, 0) is 9.59 Å². The van der Waals surface area contributed by atoms with Gasteiger partial charge in [0.05, 0.1) is 17.9 Å². The maximum Gasteiger partial charge on any atom is 0.253 e. The van der Waals surface area contributed by atoms with Crippen molar-refractivity contribution in [1.29, 1.82) is 0 Å². The molecule has 3 amide bonds. The molecule has 4 rings (SSSR count). The van der Waals surface area contributed by atoms with E-state index < -0.39 is 5.92 Å². The first-order chi connectivity index (χ1) is 18.2. The van der Waals surface area contributed by atoms with E-state index >= 15 is 0 Å². The zero-order valence-corrected chi connectivity index (χ0v) is 22.4. The van der Waals surface area contributed by atoms with Gasteiger partial charge in [0.25, 0.3) is 5.91 Å². The number of carbonyl (C=O) groups excluding carboxylic acids is 3. The zero-order chi connectivity index (χ0) is 27.4. The van der Waals surface area contributed by atoms with Gasteiger partial charge in [0.2, 0.25) is 11.8 Å². The van der Waals surface area contributed by atoms with Crippen molar-refractivity contribution >= 4 is 40.5 Å². The second-order valence-electron chi connectivity index (χ2n) is 9.61. The Bertz CT molecular complexity index is 1370. The third-order valence-corrected chi connectivity index (χ3v) is 6.61. The Labute approximate surface area is 223 Å². The van der Waals surface area contributed by atoms with Crippen molar-refractivity contribution in [2.75, 3.05) is 51.5 Å². The van der Waals surface area contributed by atoms with E-state index in [1.54, 1.807) is 36.0 Å². The molecule has 0 saturated carbocycles. The molecule has 1 N–H and O–H groups in total. The van der Waals surface area contributed by atoms with Gasteiger partial charge in [-0.2, -0.15) is 0 Å². The summed E-state index contributed by atoms with van der Waals surface area (Å²) in [5, 5.41) is 2.95. The van der Waals surface area contributed by atoms with E-state index in [1.165, 1.54) is 0 Å². The summed E-state index contributed by atoms with van der Waals surface area (Å²) < 4.78 is 0. The molecule has 0 radical (unpaired) electrons. The molecule has 0 aliphatic carbocycles. The van der Waals surface area contributed by atoms with Gasteiger partial charge in [0.1, 0.15) is 5.92 Å². The summed E-state index contributed by atoms with van der Waals surface area (Å²) in [5.74, 6) is -0.941. The van der Waals surface area contributed by atoms with Crippen molar-refractivity contribution in [2.45, 2.75) is 12.8 Å². The molecule has 38 heavy (non-hydrogen) atoms. The third kappa shape index (κ3) is 5.65. The number of nitrogens with one attached hydrogen (secondary N) is 1. The fourth-order valence-electron chi connectivity index (χ4n) is 4.35. The molecule has 0 bridgehead atoms. The Balaban J connectivity index is 1.70. The lowest BCUT2D eigenvalue weighted by atomic mass is 9.90. The van der Waals surface area contributed by atoms with Gasteiger partial charge >= 0.3 is 0 Å². The Morgan fingerprint density at radius 1 is 0.895 bits per heavy atom. The average molecular weight is 512 g/mol. The number of anilines is 2. The molecule has 3 aromatic carbocycles. The average Bonchev–Trinajstić information content (AvgIpc) is 3.25. The van der Waals surface area contributed by atoms with Gasteiger partial charge < -0.3 is 20.0 Å². The summed E-state index contributed by atoms with van der Waals surface area (Å²) in [7, 11) is 7.21. The molecule has 0 saturated heterocycles. The lowest BCUT2D eigenvalue weighted by Crippen LogP contribution is -2.34. The monoisotopic (exact) mass is 511 g/mol.